The van der Waals surface area contributed by atoms with Crippen molar-refractivity contribution in [3.63, 3.8) is 0 Å². The van der Waals surface area contributed by atoms with Crippen LogP contribution < -0.4 is 5.32 Å². The molecule has 2 atom stereocenters. The van der Waals surface area contributed by atoms with Gasteiger partial charge in [0.15, 0.2) is 0 Å². The molecule has 18 heavy (non-hydrogen) atoms. The molecule has 2 nitrogen and oxygen atoms in total. The van der Waals surface area contributed by atoms with Gasteiger partial charge in [0.25, 0.3) is 0 Å². The molecule has 0 aliphatic heterocycles. The van der Waals surface area contributed by atoms with Gasteiger partial charge in [-0.15, -0.1) is 22.7 Å². The third-order valence-corrected chi connectivity index (χ3v) is 4.80. The van der Waals surface area contributed by atoms with Crippen molar-refractivity contribution in [2.24, 2.45) is 0 Å². The highest BCUT2D eigenvalue weighted by atomic mass is 32.1. The Morgan fingerprint density at radius 2 is 2.00 bits per heavy atom. The first-order valence-corrected chi connectivity index (χ1v) is 7.98. The van der Waals surface area contributed by atoms with Gasteiger partial charge < -0.3 is 10.4 Å². The summed E-state index contributed by atoms with van der Waals surface area (Å²) >= 11 is 3.60. The van der Waals surface area contributed by atoms with Crippen LogP contribution in [0.3, 0.4) is 0 Å². The lowest BCUT2D eigenvalue weighted by molar-refractivity contribution is 0.263. The van der Waals surface area contributed by atoms with Crippen LogP contribution in [0.4, 0.5) is 0 Å². The van der Waals surface area contributed by atoms with Gasteiger partial charge in [0.1, 0.15) is 0 Å². The first-order chi connectivity index (χ1) is 8.79. The maximum Gasteiger partial charge on any atom is 0.0465 e. The Bertz CT molecular complexity index is 425. The molecule has 0 amide bonds. The molecule has 98 valence electrons. The Balaban J connectivity index is 2.03. The quantitative estimate of drug-likeness (QED) is 0.814. The average molecular weight is 281 g/mol. The van der Waals surface area contributed by atoms with Crippen LogP contribution in [0.2, 0.25) is 0 Å². The van der Waals surface area contributed by atoms with E-state index in [1.807, 2.05) is 0 Å². The van der Waals surface area contributed by atoms with Crippen molar-refractivity contribution in [2.45, 2.75) is 31.8 Å². The van der Waals surface area contributed by atoms with Crippen molar-refractivity contribution in [3.05, 3.63) is 44.8 Å². The Morgan fingerprint density at radius 3 is 2.61 bits per heavy atom. The van der Waals surface area contributed by atoms with Gasteiger partial charge in [-0.25, -0.2) is 0 Å². The van der Waals surface area contributed by atoms with Crippen LogP contribution in [0.1, 0.15) is 29.1 Å². The van der Waals surface area contributed by atoms with Gasteiger partial charge >= 0.3 is 0 Å². The molecule has 0 aliphatic rings. The van der Waals surface area contributed by atoms with E-state index in [9.17, 15) is 0 Å². The monoisotopic (exact) mass is 281 g/mol. The third kappa shape index (κ3) is 3.92. The minimum Gasteiger partial charge on any atom is -0.396 e. The zero-order valence-electron chi connectivity index (χ0n) is 10.5. The fourth-order valence-corrected chi connectivity index (χ4v) is 3.52. The lowest BCUT2D eigenvalue weighted by atomic mass is 10.1. The summed E-state index contributed by atoms with van der Waals surface area (Å²) in [6.07, 6.45) is 1.82. The molecule has 2 aromatic heterocycles. The van der Waals surface area contributed by atoms with Gasteiger partial charge in [0.2, 0.25) is 0 Å². The summed E-state index contributed by atoms with van der Waals surface area (Å²) < 4.78 is 0. The molecule has 2 unspecified atom stereocenters. The molecule has 0 saturated heterocycles. The van der Waals surface area contributed by atoms with Crippen LogP contribution in [-0.4, -0.2) is 17.8 Å². The summed E-state index contributed by atoms with van der Waals surface area (Å²) in [6.45, 7) is 2.37. The second-order valence-corrected chi connectivity index (χ2v) is 6.44. The van der Waals surface area contributed by atoms with Crippen LogP contribution in [0, 0.1) is 0 Å². The van der Waals surface area contributed by atoms with Gasteiger partial charge in [0.05, 0.1) is 0 Å². The molecule has 0 aliphatic carbocycles. The fraction of sp³-hybridized carbons (Fsp3) is 0.429. The van der Waals surface area contributed by atoms with E-state index in [2.05, 4.69) is 47.3 Å². The minimum atomic E-state index is 0.240. The summed E-state index contributed by atoms with van der Waals surface area (Å²) in [5, 5.41) is 16.9. The summed E-state index contributed by atoms with van der Waals surface area (Å²) in [5.41, 5.74) is 0. The lowest BCUT2D eigenvalue weighted by Gasteiger charge is -2.21. The highest BCUT2D eigenvalue weighted by Crippen LogP contribution is 2.25. The maximum atomic E-state index is 9.00. The van der Waals surface area contributed by atoms with E-state index >= 15 is 0 Å². The third-order valence-electron chi connectivity index (χ3n) is 2.92. The number of aliphatic hydroxyl groups excluding tert-OH is 1. The largest absolute Gasteiger partial charge is 0.396 e. The number of hydrogen-bond acceptors (Lipinski definition) is 4. The van der Waals surface area contributed by atoms with Crippen molar-refractivity contribution < 1.29 is 5.11 Å². The minimum absolute atomic E-state index is 0.240. The zero-order valence-corrected chi connectivity index (χ0v) is 12.1. The molecular formula is C14H19NOS2. The van der Waals surface area contributed by atoms with Crippen LogP contribution >= 0.6 is 22.7 Å². The van der Waals surface area contributed by atoms with E-state index in [4.69, 9.17) is 5.11 Å². The molecule has 2 N–H and O–H groups in total. The first kappa shape index (κ1) is 13.7. The van der Waals surface area contributed by atoms with E-state index in [1.54, 1.807) is 22.7 Å². The van der Waals surface area contributed by atoms with Crippen LogP contribution in [0.5, 0.6) is 0 Å². The molecule has 0 saturated carbocycles. The summed E-state index contributed by atoms with van der Waals surface area (Å²) in [4.78, 5) is 2.77. The molecule has 0 radical (unpaired) electrons. The topological polar surface area (TPSA) is 32.3 Å². The van der Waals surface area contributed by atoms with E-state index in [-0.39, 0.29) is 6.61 Å². The van der Waals surface area contributed by atoms with E-state index in [0.29, 0.717) is 12.1 Å². The average Bonchev–Trinajstić information content (AvgIpc) is 3.01. The summed E-state index contributed by atoms with van der Waals surface area (Å²) in [6, 6.07) is 9.25. The second-order valence-electron chi connectivity index (χ2n) is 4.43. The van der Waals surface area contributed by atoms with Crippen molar-refractivity contribution >= 4 is 22.7 Å². The van der Waals surface area contributed by atoms with Crippen molar-refractivity contribution in [3.8, 4) is 0 Å². The van der Waals surface area contributed by atoms with Gasteiger partial charge in [0, 0.05) is 34.9 Å². The number of aliphatic hydroxyl groups is 1. The lowest BCUT2D eigenvalue weighted by Crippen LogP contribution is -2.32. The van der Waals surface area contributed by atoms with Crippen molar-refractivity contribution in [2.75, 3.05) is 6.61 Å². The van der Waals surface area contributed by atoms with Gasteiger partial charge in [-0.1, -0.05) is 12.1 Å². The van der Waals surface area contributed by atoms with Crippen molar-refractivity contribution in [1.29, 1.82) is 0 Å². The predicted molar refractivity (Wildman–Crippen MR) is 79.4 cm³/mol. The molecule has 4 heteroatoms. The smallest absolute Gasteiger partial charge is 0.0465 e. The molecule has 2 rings (SSSR count). The van der Waals surface area contributed by atoms with Crippen LogP contribution in [0.15, 0.2) is 35.0 Å². The highest BCUT2D eigenvalue weighted by molar-refractivity contribution is 7.10. The fourth-order valence-electron chi connectivity index (χ4n) is 1.98. The zero-order chi connectivity index (χ0) is 12.8. The van der Waals surface area contributed by atoms with Crippen LogP contribution in [0.25, 0.3) is 0 Å². The molecule has 0 fully saturated rings. The Morgan fingerprint density at radius 1 is 1.22 bits per heavy atom. The Kier molecular flexibility index (Phi) is 5.38. The summed E-state index contributed by atoms with van der Waals surface area (Å²) in [5.74, 6) is 0. The Labute approximate surface area is 116 Å². The highest BCUT2D eigenvalue weighted by Gasteiger charge is 2.16. The first-order valence-electron chi connectivity index (χ1n) is 6.22. The predicted octanol–water partition coefficient (Wildman–Crippen LogP) is 3.45. The molecule has 0 bridgehead atoms. The summed E-state index contributed by atoms with van der Waals surface area (Å²) in [7, 11) is 0. The van der Waals surface area contributed by atoms with Crippen molar-refractivity contribution in [1.82, 2.24) is 5.32 Å². The number of nitrogens with one attached hydrogen (secondary N) is 1. The molecule has 2 heterocycles. The second kappa shape index (κ2) is 7.04. The normalized spacial score (nSPS) is 14.6. The van der Waals surface area contributed by atoms with E-state index < -0.39 is 0 Å². The number of hydrogen-bond donors (Lipinski definition) is 2. The molecule has 2 aromatic rings. The van der Waals surface area contributed by atoms with Gasteiger partial charge in [-0.05, 0) is 36.2 Å². The maximum absolute atomic E-state index is 9.00. The molecule has 0 aromatic carbocycles. The molecule has 0 spiro atoms. The van der Waals surface area contributed by atoms with E-state index in [1.165, 1.54) is 9.75 Å². The standard InChI is InChI=1S/C14H19NOS2/c1-11(6-7-16)15-13(14-5-3-9-18-14)10-12-4-2-8-17-12/h2-5,8-9,11,13,15-16H,6-7,10H2,1H3. The van der Waals surface area contributed by atoms with Gasteiger partial charge in [-0.2, -0.15) is 0 Å². The number of thiophene rings is 2. The van der Waals surface area contributed by atoms with Crippen LogP contribution in [-0.2, 0) is 6.42 Å². The molecular weight excluding hydrogens is 262 g/mol. The van der Waals surface area contributed by atoms with E-state index in [0.717, 1.165) is 12.8 Å². The van der Waals surface area contributed by atoms with Gasteiger partial charge in [-0.3, -0.25) is 0 Å². The SMILES string of the molecule is CC(CCO)NC(Cc1cccs1)c1cccs1. The number of rotatable bonds is 7. The Hall–Kier alpha value is -0.680.